The molecular weight excluding hydrogens is 364 g/mol. The van der Waals surface area contributed by atoms with Gasteiger partial charge in [-0.3, -0.25) is 0 Å². The van der Waals surface area contributed by atoms with Crippen LogP contribution in [0.4, 0.5) is 0 Å². The number of fused-ring (bicyclic) bond motifs is 6. The summed E-state index contributed by atoms with van der Waals surface area (Å²) in [5.41, 5.74) is 5.77. The summed E-state index contributed by atoms with van der Waals surface area (Å²) >= 11 is 0. The highest BCUT2D eigenvalue weighted by molar-refractivity contribution is 6.19. The Morgan fingerprint density at radius 2 is 1.10 bits per heavy atom. The minimum Gasteiger partial charge on any atom is -0.455 e. The Kier molecular flexibility index (Phi) is 3.73. The molecule has 144 valence electrons. The van der Waals surface area contributed by atoms with E-state index in [1.807, 2.05) is 6.07 Å². The molecule has 6 rings (SSSR count). The minimum absolute atomic E-state index is 0.383. The molecule has 5 aromatic carbocycles. The van der Waals surface area contributed by atoms with E-state index in [2.05, 4.69) is 98.8 Å². The van der Waals surface area contributed by atoms with Gasteiger partial charge in [-0.15, -0.1) is 0 Å². The fraction of sp³-hybridized carbons (Fsp3) is 0.103. The molecule has 0 aliphatic heterocycles. The van der Waals surface area contributed by atoms with Gasteiger partial charge in [0.05, 0.1) is 0 Å². The third-order valence-electron chi connectivity index (χ3n) is 6.22. The summed E-state index contributed by atoms with van der Waals surface area (Å²) in [5.74, 6) is 0.383. The Morgan fingerprint density at radius 1 is 0.533 bits per heavy atom. The quantitative estimate of drug-likeness (QED) is 0.271. The maximum absolute atomic E-state index is 6.43. The summed E-state index contributed by atoms with van der Waals surface area (Å²) in [6, 6.07) is 32.4. The number of benzene rings is 5. The molecule has 1 nitrogen and oxygen atoms in total. The smallest absolute Gasteiger partial charge is 0.143 e. The van der Waals surface area contributed by atoms with Crippen LogP contribution < -0.4 is 0 Å². The predicted molar refractivity (Wildman–Crippen MR) is 128 cm³/mol. The molecule has 0 atom stereocenters. The average Bonchev–Trinajstić information content (AvgIpc) is 3.17. The topological polar surface area (TPSA) is 13.1 Å². The average molecular weight is 386 g/mol. The molecular formula is C29H22O. The van der Waals surface area contributed by atoms with Crippen LogP contribution in [0.2, 0.25) is 0 Å². The van der Waals surface area contributed by atoms with Gasteiger partial charge in [0.2, 0.25) is 0 Å². The van der Waals surface area contributed by atoms with E-state index in [0.29, 0.717) is 5.92 Å². The molecule has 0 spiro atoms. The van der Waals surface area contributed by atoms with Crippen LogP contribution in [0.15, 0.2) is 95.4 Å². The number of furan rings is 1. The molecule has 0 amide bonds. The summed E-state index contributed by atoms with van der Waals surface area (Å²) in [6.45, 7) is 4.58. The van der Waals surface area contributed by atoms with Gasteiger partial charge in [0.25, 0.3) is 0 Å². The van der Waals surface area contributed by atoms with Gasteiger partial charge in [-0.1, -0.05) is 98.8 Å². The molecule has 30 heavy (non-hydrogen) atoms. The van der Waals surface area contributed by atoms with Crippen molar-refractivity contribution in [1.82, 2.24) is 0 Å². The number of para-hydroxylation sites is 2. The molecule has 0 aliphatic carbocycles. The zero-order valence-corrected chi connectivity index (χ0v) is 17.1. The lowest BCUT2D eigenvalue weighted by Crippen LogP contribution is -1.97. The highest BCUT2D eigenvalue weighted by atomic mass is 16.3. The number of rotatable bonds is 2. The van der Waals surface area contributed by atoms with E-state index < -0.39 is 0 Å². The lowest BCUT2D eigenvalue weighted by Gasteiger charge is -2.20. The van der Waals surface area contributed by atoms with Crippen molar-refractivity contribution in [2.75, 3.05) is 0 Å². The van der Waals surface area contributed by atoms with Crippen molar-refractivity contribution >= 4 is 43.5 Å². The van der Waals surface area contributed by atoms with E-state index in [9.17, 15) is 0 Å². The van der Waals surface area contributed by atoms with E-state index in [-0.39, 0.29) is 0 Å². The molecule has 0 saturated heterocycles. The first-order valence-electron chi connectivity index (χ1n) is 10.6. The maximum Gasteiger partial charge on any atom is 0.143 e. The first kappa shape index (κ1) is 17.3. The molecule has 0 radical (unpaired) electrons. The monoisotopic (exact) mass is 386 g/mol. The zero-order chi connectivity index (χ0) is 20.2. The number of hydrogen-bond acceptors (Lipinski definition) is 1. The van der Waals surface area contributed by atoms with Crippen LogP contribution in [0.3, 0.4) is 0 Å². The van der Waals surface area contributed by atoms with Crippen LogP contribution in [0.5, 0.6) is 0 Å². The van der Waals surface area contributed by atoms with E-state index >= 15 is 0 Å². The molecule has 1 aromatic heterocycles. The Labute approximate surface area is 175 Å². The Bertz CT molecular complexity index is 1570. The molecule has 1 heterocycles. The Morgan fingerprint density at radius 3 is 1.83 bits per heavy atom. The summed E-state index contributed by atoms with van der Waals surface area (Å²) in [6.07, 6.45) is 0. The second kappa shape index (κ2) is 6.47. The van der Waals surface area contributed by atoms with Crippen molar-refractivity contribution in [2.24, 2.45) is 0 Å². The van der Waals surface area contributed by atoms with Crippen molar-refractivity contribution in [3.05, 3.63) is 96.6 Å². The van der Waals surface area contributed by atoms with Gasteiger partial charge in [-0.25, -0.2) is 0 Å². The standard InChI is InChI=1S/C29H22O/c1-18(2)27-22-13-5-3-10-19(22)20-11-4-6-14-23(20)28(27)25-16-9-15-24-21-12-7-8-17-26(21)30-29(24)25/h3-18H,1-2H3. The van der Waals surface area contributed by atoms with Crippen molar-refractivity contribution in [3.63, 3.8) is 0 Å². The lowest BCUT2D eigenvalue weighted by atomic mass is 9.83. The van der Waals surface area contributed by atoms with Crippen LogP contribution >= 0.6 is 0 Å². The lowest BCUT2D eigenvalue weighted by molar-refractivity contribution is 0.670. The van der Waals surface area contributed by atoms with Crippen molar-refractivity contribution in [2.45, 2.75) is 19.8 Å². The second-order valence-corrected chi connectivity index (χ2v) is 8.32. The summed E-state index contributed by atoms with van der Waals surface area (Å²) in [4.78, 5) is 0. The fourth-order valence-electron chi connectivity index (χ4n) is 5.00. The summed E-state index contributed by atoms with van der Waals surface area (Å²) < 4.78 is 6.43. The molecule has 0 unspecified atom stereocenters. The first-order chi connectivity index (χ1) is 14.7. The van der Waals surface area contributed by atoms with Gasteiger partial charge in [0.15, 0.2) is 0 Å². The molecule has 0 saturated carbocycles. The Balaban J connectivity index is 1.86. The largest absolute Gasteiger partial charge is 0.455 e. The first-order valence-corrected chi connectivity index (χ1v) is 10.6. The van der Waals surface area contributed by atoms with E-state index in [1.54, 1.807) is 0 Å². The predicted octanol–water partition coefficient (Wildman–Crippen LogP) is 8.68. The van der Waals surface area contributed by atoms with Gasteiger partial charge in [0, 0.05) is 16.3 Å². The highest BCUT2D eigenvalue weighted by Crippen LogP contribution is 2.45. The third kappa shape index (κ3) is 2.35. The van der Waals surface area contributed by atoms with Crippen LogP contribution in [0.25, 0.3) is 54.6 Å². The van der Waals surface area contributed by atoms with Gasteiger partial charge in [0.1, 0.15) is 11.2 Å². The SMILES string of the molecule is CC(C)c1c(-c2cccc3c2oc2ccccc23)c2ccccc2c2ccccc12. The molecule has 6 aromatic rings. The van der Waals surface area contributed by atoms with Crippen LogP contribution in [-0.2, 0) is 0 Å². The van der Waals surface area contributed by atoms with Gasteiger partial charge in [-0.05, 0) is 44.7 Å². The summed E-state index contributed by atoms with van der Waals surface area (Å²) in [7, 11) is 0. The van der Waals surface area contributed by atoms with Crippen molar-refractivity contribution in [3.8, 4) is 11.1 Å². The van der Waals surface area contributed by atoms with Crippen molar-refractivity contribution < 1.29 is 4.42 Å². The normalized spacial score (nSPS) is 12.0. The second-order valence-electron chi connectivity index (χ2n) is 8.32. The highest BCUT2D eigenvalue weighted by Gasteiger charge is 2.21. The maximum atomic E-state index is 6.43. The number of hydrogen-bond donors (Lipinski definition) is 0. The summed E-state index contributed by atoms with van der Waals surface area (Å²) in [5, 5.41) is 7.57. The zero-order valence-electron chi connectivity index (χ0n) is 17.1. The molecule has 0 aliphatic rings. The van der Waals surface area contributed by atoms with Crippen LogP contribution in [-0.4, -0.2) is 0 Å². The fourth-order valence-corrected chi connectivity index (χ4v) is 5.00. The van der Waals surface area contributed by atoms with Gasteiger partial charge >= 0.3 is 0 Å². The van der Waals surface area contributed by atoms with E-state index in [1.165, 1.54) is 49.0 Å². The van der Waals surface area contributed by atoms with Gasteiger partial charge < -0.3 is 4.42 Å². The van der Waals surface area contributed by atoms with Gasteiger partial charge in [-0.2, -0.15) is 0 Å². The molecule has 0 fully saturated rings. The van der Waals surface area contributed by atoms with Crippen molar-refractivity contribution in [1.29, 1.82) is 0 Å². The molecule has 1 heteroatoms. The molecule has 0 N–H and O–H groups in total. The Hall–Kier alpha value is -3.58. The molecule has 0 bridgehead atoms. The van der Waals surface area contributed by atoms with E-state index in [4.69, 9.17) is 4.42 Å². The van der Waals surface area contributed by atoms with Crippen LogP contribution in [0, 0.1) is 0 Å². The minimum atomic E-state index is 0.383. The van der Waals surface area contributed by atoms with Crippen LogP contribution in [0.1, 0.15) is 25.3 Å². The van der Waals surface area contributed by atoms with E-state index in [0.717, 1.165) is 11.2 Å². The third-order valence-corrected chi connectivity index (χ3v) is 6.22.